The van der Waals surface area contributed by atoms with Crippen LogP contribution in [-0.2, 0) is 10.0 Å². The van der Waals surface area contributed by atoms with Crippen molar-refractivity contribution in [3.63, 3.8) is 0 Å². The van der Waals surface area contributed by atoms with Gasteiger partial charge in [0, 0.05) is 23.8 Å². The van der Waals surface area contributed by atoms with Gasteiger partial charge in [0.1, 0.15) is 0 Å². The van der Waals surface area contributed by atoms with Gasteiger partial charge in [0.05, 0.1) is 4.92 Å². The van der Waals surface area contributed by atoms with E-state index in [9.17, 15) is 18.5 Å². The van der Waals surface area contributed by atoms with Crippen molar-refractivity contribution in [3.8, 4) is 0 Å². The predicted octanol–water partition coefficient (Wildman–Crippen LogP) is 2.13. The maximum absolute atomic E-state index is 12.9. The standard InChI is InChI=1S/C13H19N3O4S/c1-9-4-3-5-10(2)15(9)21(19,20)13-8-11(14)6-7-12(13)16(17)18/h6-10H,3-5,14H2,1-2H3. The summed E-state index contributed by atoms with van der Waals surface area (Å²) in [6, 6.07) is 3.28. The molecule has 1 aliphatic heterocycles. The number of nitrogen functional groups attached to an aromatic ring is 1. The number of benzene rings is 1. The first kappa shape index (κ1) is 15.7. The molecule has 0 spiro atoms. The van der Waals surface area contributed by atoms with Gasteiger partial charge >= 0.3 is 0 Å². The van der Waals surface area contributed by atoms with Crippen molar-refractivity contribution in [1.82, 2.24) is 4.31 Å². The molecule has 2 rings (SSSR count). The molecule has 1 fully saturated rings. The van der Waals surface area contributed by atoms with Crippen LogP contribution in [0.2, 0.25) is 0 Å². The van der Waals surface area contributed by atoms with E-state index in [1.165, 1.54) is 16.4 Å². The van der Waals surface area contributed by atoms with Crippen LogP contribution < -0.4 is 5.73 Å². The van der Waals surface area contributed by atoms with Gasteiger partial charge in [-0.3, -0.25) is 10.1 Å². The van der Waals surface area contributed by atoms with E-state index < -0.39 is 20.6 Å². The first-order chi connectivity index (χ1) is 9.75. The number of nitro benzene ring substituents is 1. The molecule has 1 aromatic carbocycles. The molecule has 1 aliphatic rings. The molecule has 0 amide bonds. The van der Waals surface area contributed by atoms with Gasteiger partial charge in [-0.1, -0.05) is 6.42 Å². The second-order valence-electron chi connectivity index (χ2n) is 5.45. The van der Waals surface area contributed by atoms with Crippen LogP contribution in [0.15, 0.2) is 23.1 Å². The average molecular weight is 313 g/mol. The average Bonchev–Trinajstić information content (AvgIpc) is 2.37. The maximum atomic E-state index is 12.9. The largest absolute Gasteiger partial charge is 0.399 e. The number of nitrogens with zero attached hydrogens (tertiary/aromatic N) is 2. The Bertz CT molecular complexity index is 649. The third-order valence-corrected chi connectivity index (χ3v) is 6.01. The summed E-state index contributed by atoms with van der Waals surface area (Å²) in [4.78, 5) is 10.1. The van der Waals surface area contributed by atoms with Gasteiger partial charge in [-0.15, -0.1) is 0 Å². The molecule has 1 heterocycles. The van der Waals surface area contributed by atoms with Crippen LogP contribution in [0.25, 0.3) is 0 Å². The fraction of sp³-hybridized carbons (Fsp3) is 0.538. The summed E-state index contributed by atoms with van der Waals surface area (Å²) in [5, 5.41) is 11.1. The molecule has 7 nitrogen and oxygen atoms in total. The summed E-state index contributed by atoms with van der Waals surface area (Å²) >= 11 is 0. The van der Waals surface area contributed by atoms with E-state index in [4.69, 9.17) is 5.73 Å². The third kappa shape index (κ3) is 2.86. The first-order valence-electron chi connectivity index (χ1n) is 6.82. The highest BCUT2D eigenvalue weighted by Crippen LogP contribution is 2.34. The summed E-state index contributed by atoms with van der Waals surface area (Å²) in [5.41, 5.74) is 5.37. The van der Waals surface area contributed by atoms with Gasteiger partial charge in [0.25, 0.3) is 5.69 Å². The first-order valence-corrected chi connectivity index (χ1v) is 8.26. The summed E-state index contributed by atoms with van der Waals surface area (Å²) < 4.78 is 27.1. The second-order valence-corrected chi connectivity index (χ2v) is 7.26. The van der Waals surface area contributed by atoms with E-state index in [1.807, 2.05) is 13.8 Å². The molecule has 21 heavy (non-hydrogen) atoms. The van der Waals surface area contributed by atoms with Crippen molar-refractivity contribution in [1.29, 1.82) is 0 Å². The quantitative estimate of drug-likeness (QED) is 0.522. The van der Waals surface area contributed by atoms with Gasteiger partial charge < -0.3 is 5.73 Å². The number of nitro groups is 1. The number of hydrogen-bond acceptors (Lipinski definition) is 5. The van der Waals surface area contributed by atoms with Gasteiger partial charge in [-0.05, 0) is 38.8 Å². The number of anilines is 1. The molecule has 8 heteroatoms. The Labute approximate surface area is 123 Å². The van der Waals surface area contributed by atoms with E-state index in [-0.39, 0.29) is 22.7 Å². The molecule has 0 radical (unpaired) electrons. The lowest BCUT2D eigenvalue weighted by molar-refractivity contribution is -0.387. The number of hydrogen-bond donors (Lipinski definition) is 1. The van der Waals surface area contributed by atoms with Crippen LogP contribution in [0.1, 0.15) is 33.1 Å². The molecule has 2 unspecified atom stereocenters. The summed E-state index contributed by atoms with van der Waals surface area (Å²) in [5.74, 6) is 0. The highest BCUT2D eigenvalue weighted by molar-refractivity contribution is 7.89. The van der Waals surface area contributed by atoms with Gasteiger partial charge in [-0.2, -0.15) is 4.31 Å². The number of sulfonamides is 1. The van der Waals surface area contributed by atoms with Crippen molar-refractivity contribution in [2.45, 2.75) is 50.1 Å². The van der Waals surface area contributed by atoms with Crippen LogP contribution in [0.4, 0.5) is 11.4 Å². The van der Waals surface area contributed by atoms with Gasteiger partial charge in [-0.25, -0.2) is 8.42 Å². The normalized spacial score (nSPS) is 23.9. The number of piperidine rings is 1. The van der Waals surface area contributed by atoms with Crippen molar-refractivity contribution < 1.29 is 13.3 Å². The third-order valence-electron chi connectivity index (χ3n) is 3.85. The second kappa shape index (κ2) is 5.61. The fourth-order valence-corrected chi connectivity index (χ4v) is 4.95. The van der Waals surface area contributed by atoms with Crippen molar-refractivity contribution in [2.75, 3.05) is 5.73 Å². The van der Waals surface area contributed by atoms with Crippen LogP contribution >= 0.6 is 0 Å². The topological polar surface area (TPSA) is 107 Å². The van der Waals surface area contributed by atoms with E-state index in [1.54, 1.807) is 0 Å². The summed E-state index contributed by atoms with van der Waals surface area (Å²) in [6.45, 7) is 3.65. The fourth-order valence-electron chi connectivity index (χ4n) is 2.87. The van der Waals surface area contributed by atoms with Gasteiger partial charge in [0.15, 0.2) is 4.90 Å². The Kier molecular flexibility index (Phi) is 4.20. The Morgan fingerprint density at radius 1 is 1.29 bits per heavy atom. The lowest BCUT2D eigenvalue weighted by Crippen LogP contribution is -2.47. The predicted molar refractivity (Wildman–Crippen MR) is 79.3 cm³/mol. The molecule has 1 saturated heterocycles. The molecule has 0 aliphatic carbocycles. The highest BCUT2D eigenvalue weighted by Gasteiger charge is 2.39. The van der Waals surface area contributed by atoms with Crippen molar-refractivity contribution in [3.05, 3.63) is 28.3 Å². The Balaban J connectivity index is 2.58. The molecule has 116 valence electrons. The molecule has 1 aromatic rings. The minimum Gasteiger partial charge on any atom is -0.399 e. The molecular formula is C13H19N3O4S. The van der Waals surface area contributed by atoms with Crippen LogP contribution in [0.3, 0.4) is 0 Å². The molecule has 0 aromatic heterocycles. The summed E-state index contributed by atoms with van der Waals surface area (Å²) in [6.07, 6.45) is 2.45. The van der Waals surface area contributed by atoms with Crippen molar-refractivity contribution in [2.24, 2.45) is 0 Å². The Hall–Kier alpha value is -1.67. The lowest BCUT2D eigenvalue weighted by atomic mass is 10.0. The minimum absolute atomic E-state index is 0.181. The van der Waals surface area contributed by atoms with Crippen LogP contribution in [-0.4, -0.2) is 29.7 Å². The zero-order valence-corrected chi connectivity index (χ0v) is 12.8. The zero-order chi connectivity index (χ0) is 15.8. The lowest BCUT2D eigenvalue weighted by Gasteiger charge is -2.37. The molecular weight excluding hydrogens is 294 g/mol. The van der Waals surface area contributed by atoms with E-state index in [2.05, 4.69) is 0 Å². The van der Waals surface area contributed by atoms with Gasteiger partial charge in [0.2, 0.25) is 10.0 Å². The number of rotatable bonds is 3. The molecule has 0 bridgehead atoms. The van der Waals surface area contributed by atoms with Crippen molar-refractivity contribution >= 4 is 21.4 Å². The SMILES string of the molecule is CC1CCCC(C)N1S(=O)(=O)c1cc(N)ccc1[N+](=O)[O-]. The molecule has 0 saturated carbocycles. The maximum Gasteiger partial charge on any atom is 0.289 e. The zero-order valence-electron chi connectivity index (χ0n) is 12.0. The summed E-state index contributed by atoms with van der Waals surface area (Å²) in [7, 11) is -3.95. The smallest absolute Gasteiger partial charge is 0.289 e. The van der Waals surface area contributed by atoms with Crippen LogP contribution in [0, 0.1) is 10.1 Å². The monoisotopic (exact) mass is 313 g/mol. The Morgan fingerprint density at radius 3 is 2.38 bits per heavy atom. The highest BCUT2D eigenvalue weighted by atomic mass is 32.2. The van der Waals surface area contributed by atoms with E-state index in [0.29, 0.717) is 0 Å². The van der Waals surface area contributed by atoms with E-state index in [0.717, 1.165) is 25.3 Å². The number of nitrogens with two attached hydrogens (primary N) is 1. The molecule has 2 N–H and O–H groups in total. The minimum atomic E-state index is -3.95. The Morgan fingerprint density at radius 2 is 1.86 bits per heavy atom. The molecule has 2 atom stereocenters. The van der Waals surface area contributed by atoms with Crippen LogP contribution in [0.5, 0.6) is 0 Å². The van der Waals surface area contributed by atoms with E-state index >= 15 is 0 Å².